The van der Waals surface area contributed by atoms with E-state index in [1.807, 2.05) is 6.07 Å². The topological polar surface area (TPSA) is 77.5 Å². The van der Waals surface area contributed by atoms with Gasteiger partial charge in [0.15, 0.2) is 29.7 Å². The zero-order valence-corrected chi connectivity index (χ0v) is 16.6. The molecule has 0 saturated carbocycles. The van der Waals surface area contributed by atoms with Crippen LogP contribution in [0.15, 0.2) is 42.5 Å². The van der Waals surface area contributed by atoms with Crippen LogP contribution in [0.25, 0.3) is 0 Å². The van der Waals surface area contributed by atoms with Crippen molar-refractivity contribution in [3.8, 4) is 17.2 Å². The first kappa shape index (κ1) is 22.4. The number of ether oxygens (including phenoxy) is 4. The maximum absolute atomic E-state index is 13.7. The lowest BCUT2D eigenvalue weighted by Gasteiger charge is -2.23. The molecule has 1 N–H and O–H groups in total. The molecule has 0 unspecified atom stereocenters. The van der Waals surface area contributed by atoms with Gasteiger partial charge in [-0.1, -0.05) is 18.2 Å². The summed E-state index contributed by atoms with van der Waals surface area (Å²) in [5.41, 5.74) is 0.910. The van der Waals surface area contributed by atoms with Crippen molar-refractivity contribution in [1.82, 2.24) is 4.90 Å². The fourth-order valence-electron chi connectivity index (χ4n) is 2.67. The zero-order chi connectivity index (χ0) is 21.1. The van der Waals surface area contributed by atoms with Gasteiger partial charge in [0.05, 0.1) is 13.7 Å². The molecule has 0 aliphatic heterocycles. The molecule has 0 radical (unpaired) electrons. The quantitative estimate of drug-likeness (QED) is 0.547. The van der Waals surface area contributed by atoms with Gasteiger partial charge < -0.3 is 24.1 Å². The number of nitrogens with zero attached hydrogens (tertiary/aromatic N) is 1. The number of para-hydroxylation sites is 1. The van der Waals surface area contributed by atoms with Crippen LogP contribution in [0.5, 0.6) is 17.2 Å². The Bertz CT molecular complexity index is 786. The van der Waals surface area contributed by atoms with Crippen molar-refractivity contribution in [3.63, 3.8) is 0 Å². The van der Waals surface area contributed by atoms with Crippen LogP contribution in [-0.4, -0.2) is 63.1 Å². The Balaban J connectivity index is 2.01. The van der Waals surface area contributed by atoms with Crippen molar-refractivity contribution in [3.05, 3.63) is 53.8 Å². The minimum absolute atomic E-state index is 0.216. The molecule has 0 bridgehead atoms. The van der Waals surface area contributed by atoms with E-state index in [0.29, 0.717) is 44.3 Å². The highest BCUT2D eigenvalue weighted by atomic mass is 19.1. The van der Waals surface area contributed by atoms with Gasteiger partial charge in [-0.3, -0.25) is 4.90 Å². The molecule has 29 heavy (non-hydrogen) atoms. The molecule has 2 rings (SSSR count). The van der Waals surface area contributed by atoms with E-state index >= 15 is 0 Å². The highest BCUT2D eigenvalue weighted by molar-refractivity contribution is 5.68. The minimum atomic E-state index is -1.07. The number of carbonyl (C=O) groups is 1. The maximum Gasteiger partial charge on any atom is 0.341 e. The number of carboxylic acids is 1. The molecule has 8 heteroatoms. The Labute approximate surface area is 169 Å². The first-order valence-corrected chi connectivity index (χ1v) is 9.13. The highest BCUT2D eigenvalue weighted by Crippen LogP contribution is 2.28. The normalized spacial score (nSPS) is 10.8. The number of methoxy groups -OCH3 is 2. The van der Waals surface area contributed by atoms with Gasteiger partial charge in [0.1, 0.15) is 6.61 Å². The number of hydrogen-bond acceptors (Lipinski definition) is 6. The molecule has 0 aliphatic carbocycles. The van der Waals surface area contributed by atoms with E-state index < -0.39 is 18.4 Å². The fraction of sp³-hybridized carbons (Fsp3) is 0.381. The second kappa shape index (κ2) is 11.9. The lowest BCUT2D eigenvalue weighted by molar-refractivity contribution is -0.139. The molecule has 0 atom stereocenters. The van der Waals surface area contributed by atoms with Crippen molar-refractivity contribution >= 4 is 5.97 Å². The fourth-order valence-corrected chi connectivity index (χ4v) is 2.67. The molecule has 0 amide bonds. The molecule has 0 aromatic heterocycles. The third kappa shape index (κ3) is 7.59. The van der Waals surface area contributed by atoms with Gasteiger partial charge >= 0.3 is 5.97 Å². The number of hydrogen-bond donors (Lipinski definition) is 1. The third-order valence-corrected chi connectivity index (χ3v) is 4.10. The Morgan fingerprint density at radius 3 is 2.45 bits per heavy atom. The Morgan fingerprint density at radius 2 is 1.76 bits per heavy atom. The average molecular weight is 407 g/mol. The van der Waals surface area contributed by atoms with Gasteiger partial charge in [0.25, 0.3) is 0 Å². The largest absolute Gasteiger partial charge is 0.493 e. The van der Waals surface area contributed by atoms with Crippen LogP contribution in [0.1, 0.15) is 5.56 Å². The molecule has 2 aromatic rings. The summed E-state index contributed by atoms with van der Waals surface area (Å²) < 4.78 is 34.9. The summed E-state index contributed by atoms with van der Waals surface area (Å²) in [5, 5.41) is 8.83. The number of benzene rings is 2. The first-order valence-electron chi connectivity index (χ1n) is 9.13. The zero-order valence-electron chi connectivity index (χ0n) is 16.6. The van der Waals surface area contributed by atoms with Crippen LogP contribution in [0.4, 0.5) is 4.39 Å². The van der Waals surface area contributed by atoms with E-state index in [0.717, 1.165) is 5.56 Å². The SMILES string of the molecule is COCCN(CCOc1ccccc1F)Cc1ccc(OC)c(OCC(=O)O)c1. The van der Waals surface area contributed by atoms with Gasteiger partial charge in [-0.2, -0.15) is 0 Å². The molecule has 158 valence electrons. The van der Waals surface area contributed by atoms with Crippen LogP contribution in [0, 0.1) is 5.82 Å². The number of aliphatic carboxylic acids is 1. The van der Waals surface area contributed by atoms with E-state index in [1.165, 1.54) is 13.2 Å². The van der Waals surface area contributed by atoms with Gasteiger partial charge in [0.2, 0.25) is 0 Å². The Morgan fingerprint density at radius 1 is 1.00 bits per heavy atom. The lowest BCUT2D eigenvalue weighted by atomic mass is 10.2. The van der Waals surface area contributed by atoms with Crippen molar-refractivity contribution in [2.24, 2.45) is 0 Å². The second-order valence-electron chi connectivity index (χ2n) is 6.22. The van der Waals surface area contributed by atoms with Gasteiger partial charge in [-0.15, -0.1) is 0 Å². The van der Waals surface area contributed by atoms with Crippen molar-refractivity contribution in [2.75, 3.05) is 47.1 Å². The molecule has 0 aliphatic rings. The van der Waals surface area contributed by atoms with Crippen LogP contribution >= 0.6 is 0 Å². The standard InChI is InChI=1S/C21H26FNO6/c1-26-11-9-23(10-12-28-18-6-4-3-5-17(18)22)14-16-7-8-19(27-2)20(13-16)29-15-21(24)25/h3-8,13H,9-12,14-15H2,1-2H3,(H,24,25). The van der Waals surface area contributed by atoms with Crippen LogP contribution < -0.4 is 14.2 Å². The summed E-state index contributed by atoms with van der Waals surface area (Å²) in [6, 6.07) is 11.6. The average Bonchev–Trinajstić information content (AvgIpc) is 2.71. The van der Waals surface area contributed by atoms with E-state index in [9.17, 15) is 9.18 Å². The molecule has 0 saturated heterocycles. The van der Waals surface area contributed by atoms with Gasteiger partial charge in [0, 0.05) is 26.7 Å². The molecule has 7 nitrogen and oxygen atoms in total. The monoisotopic (exact) mass is 407 g/mol. The van der Waals surface area contributed by atoms with Crippen molar-refractivity contribution < 1.29 is 33.2 Å². The van der Waals surface area contributed by atoms with Crippen molar-refractivity contribution in [1.29, 1.82) is 0 Å². The third-order valence-electron chi connectivity index (χ3n) is 4.10. The number of halogens is 1. The Kier molecular flexibility index (Phi) is 9.20. The van der Waals surface area contributed by atoms with Gasteiger partial charge in [-0.25, -0.2) is 9.18 Å². The smallest absolute Gasteiger partial charge is 0.341 e. The summed E-state index contributed by atoms with van der Waals surface area (Å²) in [5.74, 6) is -0.424. The van der Waals surface area contributed by atoms with E-state index in [4.69, 9.17) is 24.1 Å². The van der Waals surface area contributed by atoms with Crippen LogP contribution in [0.2, 0.25) is 0 Å². The van der Waals surface area contributed by atoms with E-state index in [1.54, 1.807) is 37.4 Å². The molecule has 0 fully saturated rings. The van der Waals surface area contributed by atoms with Crippen LogP contribution in [0.3, 0.4) is 0 Å². The Hall–Kier alpha value is -2.84. The maximum atomic E-state index is 13.7. The van der Waals surface area contributed by atoms with E-state index in [-0.39, 0.29) is 5.75 Å². The summed E-state index contributed by atoms with van der Waals surface area (Å²) in [4.78, 5) is 12.9. The number of rotatable bonds is 13. The summed E-state index contributed by atoms with van der Waals surface area (Å²) >= 11 is 0. The van der Waals surface area contributed by atoms with Crippen LogP contribution in [-0.2, 0) is 16.1 Å². The summed E-state index contributed by atoms with van der Waals surface area (Å²) in [6.07, 6.45) is 0. The van der Waals surface area contributed by atoms with E-state index in [2.05, 4.69) is 4.90 Å². The highest BCUT2D eigenvalue weighted by Gasteiger charge is 2.12. The molecule has 0 spiro atoms. The molecular weight excluding hydrogens is 381 g/mol. The minimum Gasteiger partial charge on any atom is -0.493 e. The predicted octanol–water partition coefficient (Wildman–Crippen LogP) is 2.83. The summed E-state index contributed by atoms with van der Waals surface area (Å²) in [7, 11) is 3.12. The predicted molar refractivity (Wildman–Crippen MR) is 105 cm³/mol. The van der Waals surface area contributed by atoms with Gasteiger partial charge in [-0.05, 0) is 29.8 Å². The first-order chi connectivity index (χ1) is 14.0. The molecule has 2 aromatic carbocycles. The molecular formula is C21H26FNO6. The van der Waals surface area contributed by atoms with Crippen molar-refractivity contribution in [2.45, 2.75) is 6.54 Å². The molecule has 0 heterocycles. The number of carboxylic acid groups (broad SMARTS) is 1. The lowest BCUT2D eigenvalue weighted by Crippen LogP contribution is -2.31. The second-order valence-corrected chi connectivity index (χ2v) is 6.22. The summed E-state index contributed by atoms with van der Waals surface area (Å²) in [6.45, 7) is 2.13.